The molecule has 6 heteroatoms. The lowest BCUT2D eigenvalue weighted by molar-refractivity contribution is -0.386. The van der Waals surface area contributed by atoms with E-state index in [0.29, 0.717) is 12.8 Å². The Balaban J connectivity index is 2.28. The summed E-state index contributed by atoms with van der Waals surface area (Å²) in [4.78, 5) is 10.2. The van der Waals surface area contributed by atoms with Gasteiger partial charge in [-0.05, 0) is 12.5 Å². The van der Waals surface area contributed by atoms with E-state index < -0.39 is 28.4 Å². The highest BCUT2D eigenvalue weighted by atomic mass is 19.1. The second-order valence-electron chi connectivity index (χ2n) is 5.06. The van der Waals surface area contributed by atoms with E-state index in [-0.39, 0.29) is 11.4 Å². The van der Waals surface area contributed by atoms with Crippen molar-refractivity contribution < 1.29 is 19.2 Å². The predicted molar refractivity (Wildman–Crippen MR) is 66.5 cm³/mol. The van der Waals surface area contributed by atoms with Crippen LogP contribution >= 0.6 is 0 Å². The fraction of sp³-hybridized carbons (Fsp3) is 0.538. The molecule has 1 aliphatic rings. The SMILES string of the molecule is CCC1(C)C(O)CC1Oc1c(F)cccc1[N+](=O)[O-]. The van der Waals surface area contributed by atoms with Gasteiger partial charge in [0.15, 0.2) is 5.82 Å². The minimum Gasteiger partial charge on any atom is -0.481 e. The van der Waals surface area contributed by atoms with E-state index in [4.69, 9.17) is 4.74 Å². The van der Waals surface area contributed by atoms with E-state index in [0.717, 1.165) is 6.07 Å². The van der Waals surface area contributed by atoms with Crippen molar-refractivity contribution in [3.63, 3.8) is 0 Å². The van der Waals surface area contributed by atoms with Gasteiger partial charge in [0, 0.05) is 17.9 Å². The summed E-state index contributed by atoms with van der Waals surface area (Å²) in [6.45, 7) is 3.73. The Bertz CT molecular complexity index is 507. The van der Waals surface area contributed by atoms with Gasteiger partial charge in [0.25, 0.3) is 0 Å². The van der Waals surface area contributed by atoms with Crippen molar-refractivity contribution in [2.24, 2.45) is 5.41 Å². The molecule has 0 amide bonds. The van der Waals surface area contributed by atoms with Crippen LogP contribution in [0.15, 0.2) is 18.2 Å². The van der Waals surface area contributed by atoms with E-state index >= 15 is 0 Å². The number of benzene rings is 1. The summed E-state index contributed by atoms with van der Waals surface area (Å²) >= 11 is 0. The zero-order valence-corrected chi connectivity index (χ0v) is 10.8. The Hall–Kier alpha value is -1.69. The van der Waals surface area contributed by atoms with Crippen molar-refractivity contribution in [3.8, 4) is 5.75 Å². The first-order valence-electron chi connectivity index (χ1n) is 6.17. The normalized spacial score (nSPS) is 29.7. The van der Waals surface area contributed by atoms with Crippen LogP contribution < -0.4 is 4.74 Å². The number of hydrogen-bond donors (Lipinski definition) is 1. The molecule has 0 spiro atoms. The zero-order chi connectivity index (χ0) is 14.2. The summed E-state index contributed by atoms with van der Waals surface area (Å²) < 4.78 is 19.2. The molecular formula is C13H16FNO4. The van der Waals surface area contributed by atoms with Crippen LogP contribution in [0.5, 0.6) is 5.75 Å². The molecule has 19 heavy (non-hydrogen) atoms. The maximum Gasteiger partial charge on any atom is 0.314 e. The average Bonchev–Trinajstić information content (AvgIpc) is 2.38. The Morgan fingerprint density at radius 3 is 2.84 bits per heavy atom. The van der Waals surface area contributed by atoms with Gasteiger partial charge in [0.1, 0.15) is 6.10 Å². The quantitative estimate of drug-likeness (QED) is 0.673. The first kappa shape index (κ1) is 13.7. The lowest BCUT2D eigenvalue weighted by Crippen LogP contribution is -2.57. The molecule has 1 aromatic rings. The highest BCUT2D eigenvalue weighted by Crippen LogP contribution is 2.47. The number of ether oxygens (including phenoxy) is 1. The van der Waals surface area contributed by atoms with Crippen LogP contribution in [0.1, 0.15) is 26.7 Å². The van der Waals surface area contributed by atoms with Crippen molar-refractivity contribution in [1.82, 2.24) is 0 Å². The van der Waals surface area contributed by atoms with Gasteiger partial charge >= 0.3 is 5.69 Å². The van der Waals surface area contributed by atoms with Gasteiger partial charge in [-0.3, -0.25) is 10.1 Å². The highest BCUT2D eigenvalue weighted by Gasteiger charge is 2.52. The molecule has 0 aromatic heterocycles. The zero-order valence-electron chi connectivity index (χ0n) is 10.8. The minimum atomic E-state index is -0.756. The van der Waals surface area contributed by atoms with Crippen molar-refractivity contribution in [2.45, 2.75) is 38.9 Å². The maximum absolute atomic E-state index is 13.7. The molecule has 0 aliphatic heterocycles. The minimum absolute atomic E-state index is 0.343. The topological polar surface area (TPSA) is 72.6 Å². The van der Waals surface area contributed by atoms with Gasteiger partial charge in [-0.25, -0.2) is 4.39 Å². The molecule has 0 radical (unpaired) electrons. The Labute approximate surface area is 110 Å². The second-order valence-corrected chi connectivity index (χ2v) is 5.06. The van der Waals surface area contributed by atoms with Crippen LogP contribution in [0.4, 0.5) is 10.1 Å². The lowest BCUT2D eigenvalue weighted by Gasteiger charge is -2.50. The van der Waals surface area contributed by atoms with Crippen LogP contribution in [0.2, 0.25) is 0 Å². The Morgan fingerprint density at radius 1 is 1.63 bits per heavy atom. The molecule has 1 saturated carbocycles. The fourth-order valence-electron chi connectivity index (χ4n) is 2.34. The molecule has 2 rings (SSSR count). The predicted octanol–water partition coefficient (Wildman–Crippen LogP) is 2.66. The number of para-hydroxylation sites is 1. The van der Waals surface area contributed by atoms with Crippen molar-refractivity contribution in [2.75, 3.05) is 0 Å². The molecule has 3 atom stereocenters. The van der Waals surface area contributed by atoms with E-state index in [1.54, 1.807) is 0 Å². The van der Waals surface area contributed by atoms with Gasteiger partial charge < -0.3 is 9.84 Å². The van der Waals surface area contributed by atoms with E-state index in [9.17, 15) is 19.6 Å². The third-order valence-corrected chi connectivity index (χ3v) is 4.10. The molecule has 1 aliphatic carbocycles. The molecule has 0 bridgehead atoms. The standard InChI is InChI=1S/C13H16FNO4/c1-3-13(2)10(16)7-11(13)19-12-8(14)5-4-6-9(12)15(17)18/h4-6,10-11,16H,3,7H2,1-2H3. The van der Waals surface area contributed by atoms with Crippen LogP contribution in [-0.2, 0) is 0 Å². The largest absolute Gasteiger partial charge is 0.481 e. The van der Waals surface area contributed by atoms with Gasteiger partial charge in [0.05, 0.1) is 11.0 Å². The van der Waals surface area contributed by atoms with Crippen LogP contribution in [0, 0.1) is 21.3 Å². The fourth-order valence-corrected chi connectivity index (χ4v) is 2.34. The van der Waals surface area contributed by atoms with Crippen LogP contribution in [0.3, 0.4) is 0 Å². The number of nitrogens with zero attached hydrogens (tertiary/aromatic N) is 1. The molecule has 104 valence electrons. The third-order valence-electron chi connectivity index (χ3n) is 4.10. The van der Waals surface area contributed by atoms with E-state index in [2.05, 4.69) is 0 Å². The summed E-state index contributed by atoms with van der Waals surface area (Å²) in [7, 11) is 0. The maximum atomic E-state index is 13.7. The molecule has 5 nitrogen and oxygen atoms in total. The molecule has 1 fully saturated rings. The third kappa shape index (κ3) is 2.16. The van der Waals surface area contributed by atoms with Gasteiger partial charge in [-0.15, -0.1) is 0 Å². The molecule has 1 aromatic carbocycles. The van der Waals surface area contributed by atoms with E-state index in [1.165, 1.54) is 12.1 Å². The van der Waals surface area contributed by atoms with Crippen molar-refractivity contribution in [1.29, 1.82) is 0 Å². The number of aliphatic hydroxyl groups is 1. The van der Waals surface area contributed by atoms with Crippen LogP contribution in [0.25, 0.3) is 0 Å². The summed E-state index contributed by atoms with van der Waals surface area (Å²) in [6.07, 6.45) is 0.0770. The molecule has 0 saturated heterocycles. The van der Waals surface area contributed by atoms with Crippen LogP contribution in [-0.4, -0.2) is 22.2 Å². The first-order valence-corrected chi connectivity index (χ1v) is 6.17. The number of hydrogen-bond acceptors (Lipinski definition) is 4. The highest BCUT2D eigenvalue weighted by molar-refractivity contribution is 5.47. The number of aliphatic hydroxyl groups excluding tert-OH is 1. The van der Waals surface area contributed by atoms with E-state index in [1.807, 2.05) is 13.8 Å². The van der Waals surface area contributed by atoms with Crippen molar-refractivity contribution >= 4 is 5.69 Å². The summed E-state index contributed by atoms with van der Waals surface area (Å²) in [5.74, 6) is -1.10. The second kappa shape index (κ2) is 4.77. The van der Waals surface area contributed by atoms with Gasteiger partial charge in [-0.2, -0.15) is 0 Å². The number of nitro benzene ring substituents is 1. The lowest BCUT2D eigenvalue weighted by atomic mass is 9.63. The number of nitro groups is 1. The molecule has 3 unspecified atom stereocenters. The van der Waals surface area contributed by atoms with Gasteiger partial charge in [-0.1, -0.05) is 19.9 Å². The summed E-state index contributed by atoms with van der Waals surface area (Å²) in [5, 5.41) is 20.6. The average molecular weight is 269 g/mol. The Morgan fingerprint density at radius 2 is 2.32 bits per heavy atom. The molecular weight excluding hydrogens is 253 g/mol. The summed E-state index contributed by atoms with van der Waals surface area (Å²) in [6, 6.07) is 3.60. The first-order chi connectivity index (χ1) is 8.90. The monoisotopic (exact) mass is 269 g/mol. The number of rotatable bonds is 4. The Kier molecular flexibility index (Phi) is 3.45. The van der Waals surface area contributed by atoms with Crippen molar-refractivity contribution in [3.05, 3.63) is 34.1 Å². The summed E-state index contributed by atoms with van der Waals surface area (Å²) in [5.41, 5.74) is -0.879. The number of halogens is 1. The van der Waals surface area contributed by atoms with Gasteiger partial charge in [0.2, 0.25) is 5.75 Å². The smallest absolute Gasteiger partial charge is 0.314 e. The molecule has 1 N–H and O–H groups in total. The molecule has 0 heterocycles.